The van der Waals surface area contributed by atoms with E-state index in [1.807, 2.05) is 13.0 Å². The molecule has 0 fully saturated rings. The molecule has 0 radical (unpaired) electrons. The van der Waals surface area contributed by atoms with Crippen LogP contribution in [0.25, 0.3) is 11.6 Å². The Hall–Kier alpha value is -2.39. The van der Waals surface area contributed by atoms with Gasteiger partial charge in [0, 0.05) is 14.5 Å². The van der Waals surface area contributed by atoms with E-state index in [0.717, 1.165) is 10.0 Å². The van der Waals surface area contributed by atoms with Crippen LogP contribution in [0.1, 0.15) is 16.7 Å². The largest absolute Gasteiger partial charge is 0.504 e. The van der Waals surface area contributed by atoms with Gasteiger partial charge in [0.05, 0.1) is 28.9 Å². The van der Waals surface area contributed by atoms with Gasteiger partial charge in [0.15, 0.2) is 5.75 Å². The first-order valence-corrected chi connectivity index (χ1v) is 8.91. The summed E-state index contributed by atoms with van der Waals surface area (Å²) < 4.78 is 6.45. The van der Waals surface area contributed by atoms with Crippen LogP contribution >= 0.6 is 31.9 Å². The van der Waals surface area contributed by atoms with Gasteiger partial charge in [-0.2, -0.15) is 0 Å². The van der Waals surface area contributed by atoms with Gasteiger partial charge < -0.3 is 15.2 Å². The molecule has 9 heteroatoms. The van der Waals surface area contributed by atoms with Crippen LogP contribution in [0, 0.1) is 17.0 Å². The van der Waals surface area contributed by atoms with Crippen LogP contribution in [0.5, 0.6) is 11.5 Å². The molecule has 0 unspecified atom stereocenters. The molecule has 0 atom stereocenters. The molecule has 2 aromatic rings. The first-order chi connectivity index (χ1) is 12.3. The van der Waals surface area contributed by atoms with Gasteiger partial charge in [0.1, 0.15) is 0 Å². The van der Waals surface area contributed by atoms with Crippen molar-refractivity contribution in [1.29, 1.82) is 0 Å². The van der Waals surface area contributed by atoms with Crippen molar-refractivity contribution < 1.29 is 19.6 Å². The zero-order chi connectivity index (χ0) is 19.2. The second-order valence-corrected chi connectivity index (χ2v) is 7.25. The Morgan fingerprint density at radius 1 is 1.31 bits per heavy atom. The number of hydrogen-bond acceptors (Lipinski definition) is 5. The van der Waals surface area contributed by atoms with Gasteiger partial charge in [-0.3, -0.25) is 14.9 Å². The van der Waals surface area contributed by atoms with Crippen molar-refractivity contribution in [1.82, 2.24) is 0 Å². The fourth-order valence-corrected chi connectivity index (χ4v) is 4.11. The smallest absolute Gasteiger partial charge is 0.322 e. The van der Waals surface area contributed by atoms with E-state index >= 15 is 0 Å². The molecule has 1 heterocycles. The van der Waals surface area contributed by atoms with E-state index in [2.05, 4.69) is 37.2 Å². The van der Waals surface area contributed by atoms with Crippen molar-refractivity contribution in [2.24, 2.45) is 0 Å². The molecule has 1 aliphatic rings. The molecule has 26 heavy (non-hydrogen) atoms. The van der Waals surface area contributed by atoms with E-state index in [1.54, 1.807) is 0 Å². The number of benzene rings is 2. The molecule has 134 valence electrons. The quantitative estimate of drug-likeness (QED) is 0.376. The molecule has 7 nitrogen and oxygen atoms in total. The summed E-state index contributed by atoms with van der Waals surface area (Å²) in [6.07, 6.45) is 1.42. The number of fused-ring (bicyclic) bond motifs is 1. The van der Waals surface area contributed by atoms with Crippen LogP contribution in [-0.2, 0) is 4.79 Å². The minimum absolute atomic E-state index is 0.151. The zero-order valence-corrected chi connectivity index (χ0v) is 16.8. The average molecular weight is 484 g/mol. The van der Waals surface area contributed by atoms with Gasteiger partial charge in [-0.05, 0) is 52.7 Å². The number of carbonyl (C=O) groups excluding carboxylic acids is 1. The summed E-state index contributed by atoms with van der Waals surface area (Å²) >= 11 is 6.85. The van der Waals surface area contributed by atoms with E-state index in [1.165, 1.54) is 25.3 Å². The number of ether oxygens (including phenoxy) is 1. The predicted octanol–water partition coefficient (Wildman–Crippen LogP) is 4.64. The Labute approximate surface area is 165 Å². The molecule has 0 spiro atoms. The third-order valence-corrected chi connectivity index (χ3v) is 5.51. The fourth-order valence-electron chi connectivity index (χ4n) is 2.85. The van der Waals surface area contributed by atoms with Crippen molar-refractivity contribution in [3.05, 3.63) is 53.9 Å². The van der Waals surface area contributed by atoms with Gasteiger partial charge in [-0.25, -0.2) is 0 Å². The van der Waals surface area contributed by atoms with Crippen LogP contribution in [-0.4, -0.2) is 23.0 Å². The lowest BCUT2D eigenvalue weighted by Gasteiger charge is -2.09. The highest BCUT2D eigenvalue weighted by molar-refractivity contribution is 9.11. The Kier molecular flexibility index (Phi) is 4.76. The number of carbonyl (C=O) groups is 1. The van der Waals surface area contributed by atoms with Crippen LogP contribution in [0.15, 0.2) is 27.1 Å². The number of nitro benzene ring substituents is 1. The number of phenols is 1. The first-order valence-electron chi connectivity index (χ1n) is 7.32. The van der Waals surface area contributed by atoms with Crippen molar-refractivity contribution in [2.45, 2.75) is 6.92 Å². The van der Waals surface area contributed by atoms with Crippen molar-refractivity contribution in [2.75, 3.05) is 12.4 Å². The summed E-state index contributed by atoms with van der Waals surface area (Å²) in [4.78, 5) is 23.3. The number of phenolic OH excluding ortho intramolecular Hbond substituents is 1. The lowest BCUT2D eigenvalue weighted by Crippen LogP contribution is -2.04. The van der Waals surface area contributed by atoms with E-state index in [-0.39, 0.29) is 28.5 Å². The van der Waals surface area contributed by atoms with Gasteiger partial charge in [0.25, 0.3) is 5.91 Å². The maximum Gasteiger partial charge on any atom is 0.322 e. The number of amides is 1. The molecule has 0 aromatic heterocycles. The van der Waals surface area contributed by atoms with Crippen LogP contribution in [0.3, 0.4) is 0 Å². The number of hydrogen-bond donors (Lipinski definition) is 2. The standard InChI is InChI=1S/C17H12Br2N2O5/c1-7-10(18)6-11(19)14-13(7)9(17(23)20-14)5-8-3-4-12(22)16(26-2)15(8)21(24)25/h3-6,22H,1-2H3,(H,20,23). The number of rotatable bonds is 3. The Morgan fingerprint density at radius 2 is 2.00 bits per heavy atom. The van der Waals surface area contributed by atoms with Gasteiger partial charge >= 0.3 is 5.69 Å². The molecule has 1 aliphatic heterocycles. The van der Waals surface area contributed by atoms with Gasteiger partial charge in [-0.1, -0.05) is 15.9 Å². The fraction of sp³-hybridized carbons (Fsp3) is 0.118. The highest BCUT2D eigenvalue weighted by atomic mass is 79.9. The molecule has 3 rings (SSSR count). The summed E-state index contributed by atoms with van der Waals surface area (Å²) in [5, 5.41) is 24.1. The first kappa shape index (κ1) is 18.4. The summed E-state index contributed by atoms with van der Waals surface area (Å²) in [6, 6.07) is 4.48. The van der Waals surface area contributed by atoms with E-state index in [0.29, 0.717) is 15.7 Å². The highest BCUT2D eigenvalue weighted by Crippen LogP contribution is 2.45. The average Bonchev–Trinajstić information content (AvgIpc) is 2.91. The number of nitro groups is 1. The second-order valence-electron chi connectivity index (χ2n) is 5.54. The van der Waals surface area contributed by atoms with E-state index in [9.17, 15) is 20.0 Å². The SMILES string of the molecule is COc1c(O)ccc(C=C2C(=O)Nc3c(Br)cc(Br)c(C)c32)c1[N+](=O)[O-]. The zero-order valence-electron chi connectivity index (χ0n) is 13.6. The van der Waals surface area contributed by atoms with Crippen molar-refractivity contribution in [3.63, 3.8) is 0 Å². The lowest BCUT2D eigenvalue weighted by molar-refractivity contribution is -0.386. The molecular weight excluding hydrogens is 472 g/mol. The number of halogens is 2. The lowest BCUT2D eigenvalue weighted by atomic mass is 9.98. The molecule has 0 saturated carbocycles. The number of nitrogens with zero attached hydrogens (tertiary/aromatic N) is 1. The normalized spacial score (nSPS) is 14.3. The Balaban J connectivity index is 2.29. The van der Waals surface area contributed by atoms with Gasteiger partial charge in [-0.15, -0.1) is 0 Å². The minimum atomic E-state index is -0.650. The minimum Gasteiger partial charge on any atom is -0.504 e. The third-order valence-electron chi connectivity index (χ3n) is 4.06. The second kappa shape index (κ2) is 6.73. The molecule has 0 bridgehead atoms. The Morgan fingerprint density at radius 3 is 2.62 bits per heavy atom. The molecule has 0 saturated heterocycles. The maximum absolute atomic E-state index is 12.5. The molecular formula is C17H12Br2N2O5. The number of anilines is 1. The van der Waals surface area contributed by atoms with Crippen LogP contribution in [0.2, 0.25) is 0 Å². The summed E-state index contributed by atoms with van der Waals surface area (Å²) in [6.45, 7) is 1.84. The van der Waals surface area contributed by atoms with E-state index in [4.69, 9.17) is 4.74 Å². The van der Waals surface area contributed by atoms with Crippen molar-refractivity contribution >= 4 is 60.8 Å². The number of methoxy groups -OCH3 is 1. The van der Waals surface area contributed by atoms with Crippen LogP contribution in [0.4, 0.5) is 11.4 Å². The topological polar surface area (TPSA) is 102 Å². The number of aromatic hydroxyl groups is 1. The van der Waals surface area contributed by atoms with Crippen LogP contribution < -0.4 is 10.1 Å². The Bertz CT molecular complexity index is 1000. The molecule has 2 aromatic carbocycles. The molecule has 1 amide bonds. The maximum atomic E-state index is 12.5. The molecule has 2 N–H and O–H groups in total. The predicted molar refractivity (Wildman–Crippen MR) is 104 cm³/mol. The number of nitrogens with one attached hydrogen (secondary N) is 1. The summed E-state index contributed by atoms with van der Waals surface area (Å²) in [7, 11) is 1.23. The highest BCUT2D eigenvalue weighted by Gasteiger charge is 2.31. The monoisotopic (exact) mass is 482 g/mol. The van der Waals surface area contributed by atoms with E-state index < -0.39 is 10.6 Å². The van der Waals surface area contributed by atoms with Gasteiger partial charge in [0.2, 0.25) is 5.75 Å². The molecule has 0 aliphatic carbocycles. The third kappa shape index (κ3) is 2.86. The summed E-state index contributed by atoms with van der Waals surface area (Å²) in [5.41, 5.74) is 2.11. The summed E-state index contributed by atoms with van der Waals surface area (Å²) in [5.74, 6) is -0.974. The van der Waals surface area contributed by atoms with Crippen molar-refractivity contribution in [3.8, 4) is 11.5 Å².